The van der Waals surface area contributed by atoms with E-state index in [-0.39, 0.29) is 24.4 Å². The van der Waals surface area contributed by atoms with Crippen LogP contribution in [-0.2, 0) is 16.1 Å². The van der Waals surface area contributed by atoms with Gasteiger partial charge in [0.25, 0.3) is 0 Å². The maximum atomic E-state index is 12.2. The van der Waals surface area contributed by atoms with E-state index in [1.807, 2.05) is 24.3 Å². The number of benzene rings is 1. The molecule has 1 aromatic rings. The molecule has 1 saturated heterocycles. The molecule has 1 fully saturated rings. The summed E-state index contributed by atoms with van der Waals surface area (Å²) < 4.78 is 0.986. The van der Waals surface area contributed by atoms with Crippen LogP contribution in [0.2, 0.25) is 0 Å². The minimum Gasteiger partial charge on any atom is -0.353 e. The summed E-state index contributed by atoms with van der Waals surface area (Å²) in [6.45, 7) is 1.07. The lowest BCUT2D eigenvalue weighted by molar-refractivity contribution is -0.134. The van der Waals surface area contributed by atoms with E-state index in [0.717, 1.165) is 10.0 Å². The van der Waals surface area contributed by atoms with Gasteiger partial charge in [-0.15, -0.1) is 0 Å². The van der Waals surface area contributed by atoms with E-state index in [1.165, 1.54) is 0 Å². The van der Waals surface area contributed by atoms with Crippen LogP contribution in [0.3, 0.4) is 0 Å². The van der Waals surface area contributed by atoms with Crippen LogP contribution in [0.4, 0.5) is 0 Å². The second-order valence-corrected chi connectivity index (χ2v) is 5.38. The number of piperazine rings is 1. The number of carbonyl (C=O) groups is 2. The molecule has 19 heavy (non-hydrogen) atoms. The first-order chi connectivity index (χ1) is 9.08. The van der Waals surface area contributed by atoms with Crippen molar-refractivity contribution in [2.24, 2.45) is 0 Å². The summed E-state index contributed by atoms with van der Waals surface area (Å²) in [5.74, 6) is -0.0896. The zero-order chi connectivity index (χ0) is 13.8. The lowest BCUT2D eigenvalue weighted by Gasteiger charge is -2.28. The van der Waals surface area contributed by atoms with Crippen LogP contribution >= 0.6 is 15.9 Å². The van der Waals surface area contributed by atoms with Crippen LogP contribution in [0.1, 0.15) is 5.56 Å². The molecule has 1 aromatic carbocycles. The molecule has 6 heteroatoms. The summed E-state index contributed by atoms with van der Waals surface area (Å²) in [5.41, 5.74) is 1.05. The maximum absolute atomic E-state index is 12.2. The van der Waals surface area contributed by atoms with E-state index in [2.05, 4.69) is 26.6 Å². The molecule has 0 spiro atoms. The summed E-state index contributed by atoms with van der Waals surface area (Å²) in [6.07, 6.45) is 0. The van der Waals surface area contributed by atoms with Crippen molar-refractivity contribution in [1.29, 1.82) is 0 Å². The highest BCUT2D eigenvalue weighted by Gasteiger charge is 2.26. The Morgan fingerprint density at radius 3 is 2.84 bits per heavy atom. The molecule has 5 nitrogen and oxygen atoms in total. The number of hydrogen-bond acceptors (Lipinski definition) is 3. The third-order valence-corrected chi connectivity index (χ3v) is 3.83. The van der Waals surface area contributed by atoms with Crippen molar-refractivity contribution in [1.82, 2.24) is 15.5 Å². The number of carbonyl (C=O) groups excluding carboxylic acids is 2. The molecule has 1 unspecified atom stereocenters. The highest BCUT2D eigenvalue weighted by molar-refractivity contribution is 9.10. The molecule has 0 radical (unpaired) electrons. The van der Waals surface area contributed by atoms with Crippen LogP contribution in [0.15, 0.2) is 28.7 Å². The van der Waals surface area contributed by atoms with E-state index in [1.54, 1.807) is 11.9 Å². The molecule has 0 bridgehead atoms. The zero-order valence-corrected chi connectivity index (χ0v) is 12.2. The minimum absolute atomic E-state index is 0.0178. The van der Waals surface area contributed by atoms with Crippen molar-refractivity contribution >= 4 is 27.7 Å². The Morgan fingerprint density at radius 2 is 2.21 bits per heavy atom. The fourth-order valence-corrected chi connectivity index (χ4v) is 2.38. The van der Waals surface area contributed by atoms with Gasteiger partial charge < -0.3 is 10.2 Å². The van der Waals surface area contributed by atoms with Crippen LogP contribution in [0.5, 0.6) is 0 Å². The fourth-order valence-electron chi connectivity index (χ4n) is 1.97. The normalized spacial score (nSPS) is 18.8. The number of rotatable bonds is 3. The van der Waals surface area contributed by atoms with E-state index in [9.17, 15) is 9.59 Å². The molecule has 1 heterocycles. The fraction of sp³-hybridized carbons (Fsp3) is 0.385. The van der Waals surface area contributed by atoms with Gasteiger partial charge in [0.05, 0.1) is 6.54 Å². The van der Waals surface area contributed by atoms with Crippen molar-refractivity contribution in [2.75, 3.05) is 20.1 Å². The lowest BCUT2D eigenvalue weighted by atomic mass is 10.1. The summed E-state index contributed by atoms with van der Waals surface area (Å²) in [6, 6.07) is 7.46. The first-order valence-corrected chi connectivity index (χ1v) is 6.85. The molecule has 0 aliphatic carbocycles. The van der Waals surface area contributed by atoms with E-state index < -0.39 is 0 Å². The largest absolute Gasteiger partial charge is 0.353 e. The molecule has 1 aliphatic rings. The highest BCUT2D eigenvalue weighted by Crippen LogP contribution is 2.17. The molecule has 0 aromatic heterocycles. The number of likely N-dealkylation sites (N-methyl/N-ethyl adjacent to an activating group) is 1. The standard InChI is InChI=1S/C13H16BrN3O2/c1-17(8-9-4-2-3-5-10(9)14)13(19)11-6-16-12(18)7-15-11/h2-5,11,15H,6-8H2,1H3,(H,16,18). The van der Waals surface area contributed by atoms with Crippen LogP contribution in [0, 0.1) is 0 Å². The monoisotopic (exact) mass is 325 g/mol. The summed E-state index contributed by atoms with van der Waals surface area (Å²) in [4.78, 5) is 24.9. The van der Waals surface area contributed by atoms with E-state index >= 15 is 0 Å². The predicted molar refractivity (Wildman–Crippen MR) is 75.4 cm³/mol. The van der Waals surface area contributed by atoms with Gasteiger partial charge in [0.1, 0.15) is 6.04 Å². The topological polar surface area (TPSA) is 61.4 Å². The van der Waals surface area contributed by atoms with Crippen LogP contribution < -0.4 is 10.6 Å². The molecule has 0 saturated carbocycles. The van der Waals surface area contributed by atoms with Gasteiger partial charge in [-0.1, -0.05) is 34.1 Å². The first kappa shape index (κ1) is 14.0. The Kier molecular flexibility index (Phi) is 4.55. The third-order valence-electron chi connectivity index (χ3n) is 3.05. The molecule has 2 amide bonds. The molecule has 1 aliphatic heterocycles. The Hall–Kier alpha value is -1.40. The quantitative estimate of drug-likeness (QED) is 0.850. The zero-order valence-electron chi connectivity index (χ0n) is 10.6. The molecule has 102 valence electrons. The van der Waals surface area contributed by atoms with E-state index in [0.29, 0.717) is 13.1 Å². The molecule has 2 rings (SSSR count). The van der Waals surface area contributed by atoms with Gasteiger partial charge in [-0.25, -0.2) is 0 Å². The Bertz CT molecular complexity index is 483. The van der Waals surface area contributed by atoms with Gasteiger partial charge >= 0.3 is 0 Å². The van der Waals surface area contributed by atoms with Gasteiger partial charge in [0.2, 0.25) is 11.8 Å². The second-order valence-electron chi connectivity index (χ2n) is 4.52. The third kappa shape index (κ3) is 3.54. The second kappa shape index (κ2) is 6.16. The van der Waals surface area contributed by atoms with Crippen LogP contribution in [-0.4, -0.2) is 42.9 Å². The highest BCUT2D eigenvalue weighted by atomic mass is 79.9. The molecule has 1 atom stereocenters. The van der Waals surface area contributed by atoms with Crippen molar-refractivity contribution in [3.05, 3.63) is 34.3 Å². The first-order valence-electron chi connectivity index (χ1n) is 6.06. The number of amides is 2. The minimum atomic E-state index is -0.342. The lowest BCUT2D eigenvalue weighted by Crippen LogP contribution is -2.58. The Balaban J connectivity index is 1.96. The van der Waals surface area contributed by atoms with Crippen molar-refractivity contribution in [2.45, 2.75) is 12.6 Å². The summed E-state index contributed by atoms with van der Waals surface area (Å²) in [7, 11) is 1.76. The van der Waals surface area contributed by atoms with E-state index in [4.69, 9.17) is 0 Å². The molecule has 2 N–H and O–H groups in total. The molecular weight excluding hydrogens is 310 g/mol. The van der Waals surface area contributed by atoms with Crippen LogP contribution in [0.25, 0.3) is 0 Å². The van der Waals surface area contributed by atoms with Crippen molar-refractivity contribution < 1.29 is 9.59 Å². The van der Waals surface area contributed by atoms with Crippen molar-refractivity contribution in [3.63, 3.8) is 0 Å². The number of halogens is 1. The number of nitrogens with one attached hydrogen (secondary N) is 2. The van der Waals surface area contributed by atoms with Gasteiger partial charge in [0.15, 0.2) is 0 Å². The average molecular weight is 326 g/mol. The summed E-state index contributed by atoms with van der Waals surface area (Å²) in [5, 5.41) is 5.62. The van der Waals surface area contributed by atoms with Gasteiger partial charge in [0, 0.05) is 24.6 Å². The SMILES string of the molecule is CN(Cc1ccccc1Br)C(=O)C1CNC(=O)CN1. The Labute approximate surface area is 120 Å². The van der Waals surface area contributed by atoms with Crippen molar-refractivity contribution in [3.8, 4) is 0 Å². The molecular formula is C13H16BrN3O2. The van der Waals surface area contributed by atoms with Gasteiger partial charge in [-0.3, -0.25) is 14.9 Å². The number of hydrogen-bond donors (Lipinski definition) is 2. The smallest absolute Gasteiger partial charge is 0.241 e. The van der Waals surface area contributed by atoms with Gasteiger partial charge in [-0.2, -0.15) is 0 Å². The summed E-state index contributed by atoms with van der Waals surface area (Å²) >= 11 is 3.47. The number of nitrogens with zero attached hydrogens (tertiary/aromatic N) is 1. The maximum Gasteiger partial charge on any atom is 0.241 e. The average Bonchev–Trinajstić information content (AvgIpc) is 2.41. The predicted octanol–water partition coefficient (Wildman–Crippen LogP) is 0.495. The van der Waals surface area contributed by atoms with Gasteiger partial charge in [-0.05, 0) is 11.6 Å². The Morgan fingerprint density at radius 1 is 1.47 bits per heavy atom.